The molecule has 7 nitrogen and oxygen atoms in total. The number of pyridine rings is 1. The van der Waals surface area contributed by atoms with Gasteiger partial charge in [-0.05, 0) is 72.7 Å². The number of hydrogen-bond acceptors (Lipinski definition) is 6. The number of carbonyl (C=O) groups excluding carboxylic acids is 2. The molecule has 3 heterocycles. The van der Waals surface area contributed by atoms with E-state index in [1.54, 1.807) is 43.5 Å². The summed E-state index contributed by atoms with van der Waals surface area (Å²) in [5.41, 5.74) is -1.09. The first-order chi connectivity index (χ1) is 26.1. The van der Waals surface area contributed by atoms with Crippen molar-refractivity contribution in [2.75, 3.05) is 0 Å². The minimum absolute atomic E-state index is 0.0297. The average molecular weight is 764 g/mol. The van der Waals surface area contributed by atoms with Crippen molar-refractivity contribution in [2.45, 2.75) is 76.2 Å². The summed E-state index contributed by atoms with van der Waals surface area (Å²) in [6, 6.07) is 11.2. The van der Waals surface area contributed by atoms with Gasteiger partial charge < -0.3 is 0 Å². The largest absolute Gasteiger partial charge is 0.298 e. The zero-order valence-electron chi connectivity index (χ0n) is 29.0. The summed E-state index contributed by atoms with van der Waals surface area (Å²) in [5, 5.41) is 3.40. The molecule has 2 aromatic carbocycles. The van der Waals surface area contributed by atoms with Crippen LogP contribution in [0.2, 0.25) is 0 Å². The molecular formula is C40H29F8N5O2. The van der Waals surface area contributed by atoms with Gasteiger partial charge in [-0.15, -0.1) is 0 Å². The lowest BCUT2D eigenvalue weighted by molar-refractivity contribution is -0.121. The molecule has 0 radical (unpaired) electrons. The number of benzene rings is 2. The Labute approximate surface area is 308 Å². The maximum atomic E-state index is 15.2. The number of hydrogen-bond donors (Lipinski definition) is 0. The number of halogens is 8. The molecule has 0 bridgehead atoms. The highest BCUT2D eigenvalue weighted by atomic mass is 19.3. The van der Waals surface area contributed by atoms with Gasteiger partial charge in [0.05, 0.1) is 11.3 Å². The van der Waals surface area contributed by atoms with Crippen molar-refractivity contribution in [1.29, 1.82) is 0 Å². The fourth-order valence-electron chi connectivity index (χ4n) is 7.17. The van der Waals surface area contributed by atoms with Crippen molar-refractivity contribution in [3.05, 3.63) is 129 Å². The highest BCUT2D eigenvalue weighted by Gasteiger charge is 2.55. The maximum absolute atomic E-state index is 15.2. The van der Waals surface area contributed by atoms with Crippen LogP contribution in [-0.4, -0.2) is 36.3 Å². The first kappa shape index (κ1) is 37.5. The Bertz CT molecular complexity index is 2400. The summed E-state index contributed by atoms with van der Waals surface area (Å²) in [6.45, 7) is 0.670. The molecule has 55 heavy (non-hydrogen) atoms. The average Bonchev–Trinajstić information content (AvgIpc) is 3.70. The van der Waals surface area contributed by atoms with E-state index in [0.717, 1.165) is 17.7 Å². The van der Waals surface area contributed by atoms with Crippen LogP contribution in [0.4, 0.5) is 35.1 Å². The van der Waals surface area contributed by atoms with E-state index in [9.17, 15) is 35.9 Å². The van der Waals surface area contributed by atoms with Gasteiger partial charge in [-0.2, -0.15) is 13.9 Å². The van der Waals surface area contributed by atoms with Gasteiger partial charge >= 0.3 is 0 Å². The molecule has 0 spiro atoms. The topological polar surface area (TPSA) is 90.6 Å². The third-order valence-electron chi connectivity index (χ3n) is 9.62. The number of aryl methyl sites for hydroxylation is 2. The van der Waals surface area contributed by atoms with Crippen LogP contribution in [0.25, 0.3) is 11.1 Å². The summed E-state index contributed by atoms with van der Waals surface area (Å²) in [4.78, 5) is 39.8. The summed E-state index contributed by atoms with van der Waals surface area (Å²) in [6.07, 6.45) is -3.45. The van der Waals surface area contributed by atoms with Crippen LogP contribution in [0.5, 0.6) is 0 Å². The first-order valence-corrected chi connectivity index (χ1v) is 17.2. The van der Waals surface area contributed by atoms with Gasteiger partial charge in [0.25, 0.3) is 18.3 Å². The Kier molecular flexibility index (Phi) is 9.87. The van der Waals surface area contributed by atoms with E-state index in [2.05, 4.69) is 31.9 Å². The summed E-state index contributed by atoms with van der Waals surface area (Å²) in [7, 11) is 0. The summed E-state index contributed by atoms with van der Waals surface area (Å²) >= 11 is 0. The molecule has 0 saturated heterocycles. The Morgan fingerprint density at radius 3 is 2.36 bits per heavy atom. The van der Waals surface area contributed by atoms with E-state index >= 15 is 8.78 Å². The van der Waals surface area contributed by atoms with E-state index in [0.29, 0.717) is 46.9 Å². The zero-order valence-corrected chi connectivity index (χ0v) is 29.0. The third-order valence-corrected chi connectivity index (χ3v) is 9.62. The predicted octanol–water partition coefficient (Wildman–Crippen LogP) is 8.75. The van der Waals surface area contributed by atoms with Gasteiger partial charge in [0.1, 0.15) is 29.6 Å². The van der Waals surface area contributed by atoms with Crippen molar-refractivity contribution in [1.82, 2.24) is 24.7 Å². The van der Waals surface area contributed by atoms with Gasteiger partial charge in [0.2, 0.25) is 5.82 Å². The highest BCUT2D eigenvalue weighted by Crippen LogP contribution is 2.52. The molecule has 0 amide bonds. The van der Waals surface area contributed by atoms with Crippen LogP contribution in [-0.2, 0) is 36.0 Å². The highest BCUT2D eigenvalue weighted by molar-refractivity contribution is 6.01. The van der Waals surface area contributed by atoms with Crippen molar-refractivity contribution < 1.29 is 44.7 Å². The zero-order chi connectivity index (χ0) is 39.2. The summed E-state index contributed by atoms with van der Waals surface area (Å²) in [5.74, 6) is -6.26. The molecule has 282 valence electrons. The second-order valence-electron chi connectivity index (χ2n) is 13.6. The van der Waals surface area contributed by atoms with Gasteiger partial charge in [-0.3, -0.25) is 19.3 Å². The summed E-state index contributed by atoms with van der Waals surface area (Å²) < 4.78 is 117. The SMILES string of the molecule is Cc1cc(C#Cc2ncc(-c3ccc4c(c3)C(=O)CC4)c([C@@H](CC(=O)Cn3nc(C(F)F)c4c3C(F)(F)CCC4(F)F)Cc3cc(F)cc(F)c3)n2)ccn1. The molecule has 15 heteroatoms. The monoisotopic (exact) mass is 763 g/mol. The minimum Gasteiger partial charge on any atom is -0.298 e. The van der Waals surface area contributed by atoms with Crippen LogP contribution >= 0.6 is 0 Å². The van der Waals surface area contributed by atoms with E-state index in [-0.39, 0.29) is 34.0 Å². The molecule has 5 aromatic rings. The number of rotatable bonds is 9. The first-order valence-electron chi connectivity index (χ1n) is 17.2. The molecule has 0 aliphatic heterocycles. The second-order valence-corrected chi connectivity index (χ2v) is 13.6. The maximum Gasteiger partial charge on any atom is 0.290 e. The molecule has 0 N–H and O–H groups in total. The van der Waals surface area contributed by atoms with Gasteiger partial charge in [0.15, 0.2) is 11.6 Å². The lowest BCUT2D eigenvalue weighted by Gasteiger charge is -2.29. The number of ketones is 2. The standard InChI is InChI=1S/C40H29F8N5O2/c1-21-12-22(8-11-49-21)2-7-33-50-19-31(25-4-3-24-5-6-32(55)30(24)17-25)35(51-33)26(13-23-14-27(41)18-28(42)15-23)16-29(54)20-53-37-34(36(52-53)38(43)44)39(45,46)9-10-40(37,47)48/h3-4,8,11-12,14-15,17-19,26,38H,5-6,9-10,13,16,20H2,1H3/t26-/m1/s1. The van der Waals surface area contributed by atoms with Crippen LogP contribution in [0, 0.1) is 30.4 Å². The normalized spacial score (nSPS) is 16.0. The molecule has 2 aliphatic rings. The molecule has 0 unspecified atom stereocenters. The fraction of sp³-hybridized carbons (Fsp3) is 0.300. The van der Waals surface area contributed by atoms with E-state index in [1.165, 1.54) is 6.20 Å². The molecular weight excluding hydrogens is 734 g/mol. The van der Waals surface area contributed by atoms with Crippen molar-refractivity contribution in [3.8, 4) is 23.0 Å². The Balaban J connectivity index is 1.34. The molecule has 0 fully saturated rings. The number of Topliss-reactive ketones (excluding diaryl/α,β-unsaturated/α-hetero) is 2. The lowest BCUT2D eigenvalue weighted by Crippen LogP contribution is -2.33. The van der Waals surface area contributed by atoms with Crippen LogP contribution in [0.3, 0.4) is 0 Å². The number of aromatic nitrogens is 5. The quantitative estimate of drug-likeness (QED) is 0.110. The van der Waals surface area contributed by atoms with Crippen molar-refractivity contribution in [2.24, 2.45) is 0 Å². The minimum atomic E-state index is -4.05. The van der Waals surface area contributed by atoms with Crippen molar-refractivity contribution in [3.63, 3.8) is 0 Å². The van der Waals surface area contributed by atoms with Gasteiger partial charge in [0, 0.05) is 72.4 Å². The number of alkyl halides is 6. The second kappa shape index (κ2) is 14.5. The fourth-order valence-corrected chi connectivity index (χ4v) is 7.17. The van der Waals surface area contributed by atoms with Crippen LogP contribution < -0.4 is 0 Å². The van der Waals surface area contributed by atoms with Crippen LogP contribution in [0.15, 0.2) is 60.9 Å². The van der Waals surface area contributed by atoms with Gasteiger partial charge in [-0.1, -0.05) is 18.1 Å². The van der Waals surface area contributed by atoms with E-state index < -0.39 is 84.4 Å². The third kappa shape index (κ3) is 7.76. The van der Waals surface area contributed by atoms with Crippen LogP contribution in [0.1, 0.15) is 99.2 Å². The molecule has 1 atom stereocenters. The molecule has 0 saturated carbocycles. The molecule has 3 aromatic heterocycles. The number of carbonyl (C=O) groups is 2. The number of nitrogens with zero attached hydrogens (tertiary/aromatic N) is 5. The van der Waals surface area contributed by atoms with E-state index in [4.69, 9.17) is 0 Å². The Morgan fingerprint density at radius 1 is 0.891 bits per heavy atom. The van der Waals surface area contributed by atoms with E-state index in [1.807, 2.05) is 0 Å². The predicted molar refractivity (Wildman–Crippen MR) is 182 cm³/mol. The Morgan fingerprint density at radius 2 is 1.64 bits per heavy atom. The Hall–Kier alpha value is -5.78. The molecule has 7 rings (SSSR count). The molecule has 2 aliphatic carbocycles. The van der Waals surface area contributed by atoms with Crippen molar-refractivity contribution >= 4 is 11.6 Å². The number of fused-ring (bicyclic) bond motifs is 2. The van der Waals surface area contributed by atoms with Gasteiger partial charge in [-0.25, -0.2) is 36.3 Å². The smallest absolute Gasteiger partial charge is 0.290 e. The lowest BCUT2D eigenvalue weighted by atomic mass is 9.86.